The van der Waals surface area contributed by atoms with Crippen molar-refractivity contribution in [2.45, 2.75) is 26.1 Å². The Labute approximate surface area is 115 Å². The van der Waals surface area contributed by atoms with Crippen LogP contribution in [0.15, 0.2) is 22.7 Å². The highest BCUT2D eigenvalue weighted by Gasteiger charge is 2.16. The van der Waals surface area contributed by atoms with E-state index in [1.165, 1.54) is 6.07 Å². The van der Waals surface area contributed by atoms with Gasteiger partial charge in [-0.1, -0.05) is 11.2 Å². The van der Waals surface area contributed by atoms with Crippen LogP contribution < -0.4 is 5.73 Å². The molecule has 0 fully saturated rings. The molecule has 1 heterocycles. The van der Waals surface area contributed by atoms with E-state index in [-0.39, 0.29) is 12.6 Å². The lowest BCUT2D eigenvalue weighted by Gasteiger charge is -2.23. The van der Waals surface area contributed by atoms with Crippen LogP contribution in [-0.2, 0) is 13.1 Å². The standard InChI is InChI=1S/C13H16F2N4O/c1-8(9-3-4-10(14)11(15)5-9)19(2)7-12-17-13(6-16)20-18-12/h3-5,8H,6-7,16H2,1-2H3. The summed E-state index contributed by atoms with van der Waals surface area (Å²) in [6, 6.07) is 3.75. The lowest BCUT2D eigenvalue weighted by atomic mass is 10.1. The maximum absolute atomic E-state index is 13.2. The Morgan fingerprint density at radius 3 is 2.70 bits per heavy atom. The second-order valence-electron chi connectivity index (χ2n) is 4.57. The van der Waals surface area contributed by atoms with Crippen LogP contribution in [-0.4, -0.2) is 22.1 Å². The highest BCUT2D eigenvalue weighted by atomic mass is 19.2. The summed E-state index contributed by atoms with van der Waals surface area (Å²) in [6.45, 7) is 2.50. The predicted octanol–water partition coefficient (Wildman–Crippen LogP) is 2.00. The number of nitrogens with zero attached hydrogens (tertiary/aromatic N) is 3. The van der Waals surface area contributed by atoms with E-state index in [9.17, 15) is 8.78 Å². The number of nitrogens with two attached hydrogens (primary N) is 1. The minimum atomic E-state index is -0.854. The van der Waals surface area contributed by atoms with E-state index in [0.29, 0.717) is 23.8 Å². The molecule has 7 heteroatoms. The number of hydrogen-bond donors (Lipinski definition) is 1. The van der Waals surface area contributed by atoms with Gasteiger partial charge >= 0.3 is 0 Å². The third kappa shape index (κ3) is 3.17. The van der Waals surface area contributed by atoms with Gasteiger partial charge in [-0.25, -0.2) is 8.78 Å². The first-order valence-electron chi connectivity index (χ1n) is 6.18. The minimum absolute atomic E-state index is 0.120. The van der Waals surface area contributed by atoms with Crippen molar-refractivity contribution in [3.63, 3.8) is 0 Å². The van der Waals surface area contributed by atoms with Crippen LogP contribution in [0.2, 0.25) is 0 Å². The van der Waals surface area contributed by atoms with E-state index in [2.05, 4.69) is 10.1 Å². The first-order valence-corrected chi connectivity index (χ1v) is 6.18. The van der Waals surface area contributed by atoms with Crippen molar-refractivity contribution in [3.05, 3.63) is 47.1 Å². The topological polar surface area (TPSA) is 68.2 Å². The largest absolute Gasteiger partial charge is 0.338 e. The zero-order valence-corrected chi connectivity index (χ0v) is 11.3. The normalized spacial score (nSPS) is 12.9. The van der Waals surface area contributed by atoms with Crippen LogP contribution in [0.3, 0.4) is 0 Å². The van der Waals surface area contributed by atoms with E-state index < -0.39 is 11.6 Å². The highest BCUT2D eigenvalue weighted by molar-refractivity contribution is 5.20. The van der Waals surface area contributed by atoms with E-state index in [1.807, 2.05) is 18.9 Å². The fourth-order valence-corrected chi connectivity index (χ4v) is 1.82. The van der Waals surface area contributed by atoms with Crippen molar-refractivity contribution in [1.29, 1.82) is 0 Å². The molecule has 2 N–H and O–H groups in total. The van der Waals surface area contributed by atoms with Crippen molar-refractivity contribution < 1.29 is 13.3 Å². The summed E-state index contributed by atoms with van der Waals surface area (Å²) in [5, 5.41) is 3.79. The van der Waals surface area contributed by atoms with Gasteiger partial charge in [-0.05, 0) is 31.7 Å². The molecule has 0 saturated carbocycles. The second kappa shape index (κ2) is 6.06. The third-order valence-corrected chi connectivity index (χ3v) is 3.16. The maximum atomic E-state index is 13.2. The molecule has 1 aromatic carbocycles. The summed E-state index contributed by atoms with van der Waals surface area (Å²) in [4.78, 5) is 6.00. The molecule has 2 aromatic rings. The van der Waals surface area contributed by atoms with Crippen molar-refractivity contribution in [2.24, 2.45) is 5.73 Å². The van der Waals surface area contributed by atoms with Crippen LogP contribution in [0, 0.1) is 11.6 Å². The third-order valence-electron chi connectivity index (χ3n) is 3.16. The molecule has 1 aromatic heterocycles. The maximum Gasteiger partial charge on any atom is 0.240 e. The van der Waals surface area contributed by atoms with Gasteiger partial charge in [0.15, 0.2) is 17.5 Å². The van der Waals surface area contributed by atoms with Crippen LogP contribution in [0.5, 0.6) is 0 Å². The molecule has 0 aliphatic rings. The minimum Gasteiger partial charge on any atom is -0.338 e. The molecule has 0 bridgehead atoms. The molecule has 0 spiro atoms. The van der Waals surface area contributed by atoms with Crippen LogP contribution in [0.4, 0.5) is 8.78 Å². The molecular weight excluding hydrogens is 266 g/mol. The van der Waals surface area contributed by atoms with E-state index in [0.717, 1.165) is 6.07 Å². The Bertz CT molecular complexity index is 588. The fourth-order valence-electron chi connectivity index (χ4n) is 1.82. The zero-order valence-electron chi connectivity index (χ0n) is 11.3. The van der Waals surface area contributed by atoms with Gasteiger partial charge in [-0.2, -0.15) is 4.98 Å². The molecule has 0 aliphatic carbocycles. The van der Waals surface area contributed by atoms with Gasteiger partial charge in [-0.3, -0.25) is 4.90 Å². The summed E-state index contributed by atoms with van der Waals surface area (Å²) < 4.78 is 31.1. The van der Waals surface area contributed by atoms with Gasteiger partial charge in [0.1, 0.15) is 0 Å². The van der Waals surface area contributed by atoms with Crippen molar-refractivity contribution >= 4 is 0 Å². The quantitative estimate of drug-likeness (QED) is 0.908. The molecule has 0 saturated heterocycles. The van der Waals surface area contributed by atoms with Gasteiger partial charge in [-0.15, -0.1) is 0 Å². The van der Waals surface area contributed by atoms with E-state index in [4.69, 9.17) is 10.3 Å². The summed E-state index contributed by atoms with van der Waals surface area (Å²) in [6.07, 6.45) is 0. The molecule has 108 valence electrons. The number of halogens is 2. The lowest BCUT2D eigenvalue weighted by molar-refractivity contribution is 0.241. The van der Waals surface area contributed by atoms with Gasteiger partial charge in [0.2, 0.25) is 5.89 Å². The molecule has 0 aliphatic heterocycles. The summed E-state index contributed by atoms with van der Waals surface area (Å²) >= 11 is 0. The second-order valence-corrected chi connectivity index (χ2v) is 4.57. The first-order chi connectivity index (χ1) is 9.51. The van der Waals surface area contributed by atoms with E-state index in [1.54, 1.807) is 6.07 Å². The summed E-state index contributed by atoms with van der Waals surface area (Å²) in [5.41, 5.74) is 6.06. The van der Waals surface area contributed by atoms with Gasteiger partial charge in [0.25, 0.3) is 0 Å². The Balaban J connectivity index is 2.07. The van der Waals surface area contributed by atoms with Crippen molar-refractivity contribution in [3.8, 4) is 0 Å². The average molecular weight is 282 g/mol. The smallest absolute Gasteiger partial charge is 0.240 e. The van der Waals surface area contributed by atoms with Crippen LogP contribution in [0.1, 0.15) is 30.2 Å². The van der Waals surface area contributed by atoms with Crippen LogP contribution >= 0.6 is 0 Å². The molecule has 1 unspecified atom stereocenters. The monoisotopic (exact) mass is 282 g/mol. The Hall–Kier alpha value is -1.86. The summed E-state index contributed by atoms with van der Waals surface area (Å²) in [5.74, 6) is -0.835. The molecule has 20 heavy (non-hydrogen) atoms. The predicted molar refractivity (Wildman–Crippen MR) is 68.4 cm³/mol. The van der Waals surface area contributed by atoms with E-state index >= 15 is 0 Å². The molecular formula is C13H16F2N4O. The van der Waals surface area contributed by atoms with Crippen molar-refractivity contribution in [1.82, 2.24) is 15.0 Å². The Morgan fingerprint density at radius 2 is 2.10 bits per heavy atom. The number of aromatic nitrogens is 2. The van der Waals surface area contributed by atoms with Gasteiger partial charge in [0.05, 0.1) is 13.1 Å². The average Bonchev–Trinajstić information content (AvgIpc) is 2.88. The molecule has 5 nitrogen and oxygen atoms in total. The zero-order chi connectivity index (χ0) is 14.7. The fraction of sp³-hybridized carbons (Fsp3) is 0.385. The Kier molecular flexibility index (Phi) is 4.41. The van der Waals surface area contributed by atoms with Crippen molar-refractivity contribution in [2.75, 3.05) is 7.05 Å². The lowest BCUT2D eigenvalue weighted by Crippen LogP contribution is -2.22. The molecule has 1 atom stereocenters. The van der Waals surface area contributed by atoms with Crippen LogP contribution in [0.25, 0.3) is 0 Å². The Morgan fingerprint density at radius 1 is 1.35 bits per heavy atom. The number of hydrogen-bond acceptors (Lipinski definition) is 5. The SMILES string of the molecule is CC(c1ccc(F)c(F)c1)N(C)Cc1noc(CN)n1. The molecule has 2 rings (SSSR count). The summed E-state index contributed by atoms with van der Waals surface area (Å²) in [7, 11) is 1.84. The molecule has 0 radical (unpaired) electrons. The van der Waals surface area contributed by atoms with Gasteiger partial charge < -0.3 is 10.3 Å². The number of benzene rings is 1. The first kappa shape index (κ1) is 14.5. The number of rotatable bonds is 5. The highest BCUT2D eigenvalue weighted by Crippen LogP contribution is 2.21. The molecule has 0 amide bonds. The van der Waals surface area contributed by atoms with Gasteiger partial charge in [0, 0.05) is 6.04 Å².